The minimum atomic E-state index is 0.499. The standard InChI is InChI=1S/C18H24N4/c1-13-12-22(10-9-19-13)18-15(3)14(2)17(20-21-18)11-16-7-5-4-6-8-16/h4-8,13,19H,9-12H2,1-3H3. The fraction of sp³-hybridized carbons (Fsp3) is 0.444. The summed E-state index contributed by atoms with van der Waals surface area (Å²) in [7, 11) is 0. The molecule has 1 fully saturated rings. The molecule has 0 amide bonds. The van der Waals surface area contributed by atoms with Crippen LogP contribution in [-0.4, -0.2) is 35.9 Å². The van der Waals surface area contributed by atoms with Gasteiger partial charge in [-0.05, 0) is 37.5 Å². The highest BCUT2D eigenvalue weighted by Gasteiger charge is 2.20. The number of aromatic nitrogens is 2. The third-order valence-electron chi connectivity index (χ3n) is 4.48. The molecular formula is C18H24N4. The number of nitrogens with one attached hydrogen (secondary N) is 1. The average molecular weight is 296 g/mol. The maximum Gasteiger partial charge on any atom is 0.154 e. The fourth-order valence-corrected chi connectivity index (χ4v) is 3.02. The van der Waals surface area contributed by atoms with E-state index in [2.05, 4.69) is 65.5 Å². The first-order valence-electron chi connectivity index (χ1n) is 8.00. The lowest BCUT2D eigenvalue weighted by Crippen LogP contribution is -2.49. The van der Waals surface area contributed by atoms with Crippen LogP contribution in [-0.2, 0) is 6.42 Å². The first kappa shape index (κ1) is 15.0. The SMILES string of the molecule is Cc1c(Cc2ccccc2)nnc(N2CCNC(C)C2)c1C. The van der Waals surface area contributed by atoms with Gasteiger partial charge in [0.2, 0.25) is 0 Å². The zero-order chi connectivity index (χ0) is 15.5. The van der Waals surface area contributed by atoms with Crippen LogP contribution in [0.5, 0.6) is 0 Å². The predicted molar refractivity (Wildman–Crippen MR) is 90.4 cm³/mol. The molecule has 1 N–H and O–H groups in total. The van der Waals surface area contributed by atoms with Crippen LogP contribution >= 0.6 is 0 Å². The zero-order valence-electron chi connectivity index (χ0n) is 13.6. The summed E-state index contributed by atoms with van der Waals surface area (Å²) in [5.41, 5.74) is 4.88. The van der Waals surface area contributed by atoms with E-state index in [0.717, 1.165) is 37.6 Å². The highest BCUT2D eigenvalue weighted by Crippen LogP contribution is 2.23. The van der Waals surface area contributed by atoms with Gasteiger partial charge in [-0.15, -0.1) is 5.10 Å². The highest BCUT2D eigenvalue weighted by molar-refractivity contribution is 5.51. The lowest BCUT2D eigenvalue weighted by atomic mass is 10.0. The van der Waals surface area contributed by atoms with Crippen molar-refractivity contribution in [3.63, 3.8) is 0 Å². The molecule has 1 atom stereocenters. The van der Waals surface area contributed by atoms with Gasteiger partial charge in [-0.1, -0.05) is 30.3 Å². The molecule has 1 aliphatic rings. The fourth-order valence-electron chi connectivity index (χ4n) is 3.02. The predicted octanol–water partition coefficient (Wildman–Crippen LogP) is 2.48. The molecule has 1 unspecified atom stereocenters. The second-order valence-electron chi connectivity index (χ2n) is 6.18. The van der Waals surface area contributed by atoms with Gasteiger partial charge in [-0.3, -0.25) is 0 Å². The van der Waals surface area contributed by atoms with Crippen molar-refractivity contribution in [2.24, 2.45) is 0 Å². The molecule has 0 aliphatic carbocycles. The third kappa shape index (κ3) is 3.12. The molecule has 0 saturated carbocycles. The molecule has 4 nitrogen and oxygen atoms in total. The Morgan fingerprint density at radius 1 is 1.14 bits per heavy atom. The Balaban J connectivity index is 1.85. The summed E-state index contributed by atoms with van der Waals surface area (Å²) in [6, 6.07) is 11.0. The molecule has 3 rings (SSSR count). The number of hydrogen-bond acceptors (Lipinski definition) is 4. The van der Waals surface area contributed by atoms with E-state index in [1.807, 2.05) is 6.07 Å². The Morgan fingerprint density at radius 3 is 2.64 bits per heavy atom. The van der Waals surface area contributed by atoms with Crippen LogP contribution < -0.4 is 10.2 Å². The van der Waals surface area contributed by atoms with Crippen LogP contribution in [0.3, 0.4) is 0 Å². The molecule has 2 heterocycles. The quantitative estimate of drug-likeness (QED) is 0.945. The van der Waals surface area contributed by atoms with Gasteiger partial charge in [0, 0.05) is 32.1 Å². The van der Waals surface area contributed by atoms with Gasteiger partial charge in [0.25, 0.3) is 0 Å². The van der Waals surface area contributed by atoms with Crippen molar-refractivity contribution in [1.82, 2.24) is 15.5 Å². The Kier molecular flexibility index (Phi) is 4.39. The van der Waals surface area contributed by atoms with E-state index in [4.69, 9.17) is 0 Å². The van der Waals surface area contributed by atoms with Crippen LogP contribution in [0.4, 0.5) is 5.82 Å². The number of piperazine rings is 1. The summed E-state index contributed by atoms with van der Waals surface area (Å²) in [5.74, 6) is 1.04. The summed E-state index contributed by atoms with van der Waals surface area (Å²) in [6.45, 7) is 9.54. The maximum absolute atomic E-state index is 4.54. The second kappa shape index (κ2) is 6.44. The molecule has 0 radical (unpaired) electrons. The molecule has 4 heteroatoms. The normalized spacial score (nSPS) is 18.5. The molecule has 0 bridgehead atoms. The monoisotopic (exact) mass is 296 g/mol. The van der Waals surface area contributed by atoms with Crippen molar-refractivity contribution in [2.75, 3.05) is 24.5 Å². The molecule has 1 aromatic carbocycles. The van der Waals surface area contributed by atoms with Crippen LogP contribution in [0.25, 0.3) is 0 Å². The summed E-state index contributed by atoms with van der Waals surface area (Å²) >= 11 is 0. The topological polar surface area (TPSA) is 41.1 Å². The second-order valence-corrected chi connectivity index (χ2v) is 6.18. The molecular weight excluding hydrogens is 272 g/mol. The van der Waals surface area contributed by atoms with E-state index in [-0.39, 0.29) is 0 Å². The number of hydrogen-bond donors (Lipinski definition) is 1. The van der Waals surface area contributed by atoms with Crippen molar-refractivity contribution < 1.29 is 0 Å². The van der Waals surface area contributed by atoms with E-state index in [0.29, 0.717) is 6.04 Å². The Bertz CT molecular complexity index is 639. The third-order valence-corrected chi connectivity index (χ3v) is 4.48. The van der Waals surface area contributed by atoms with Gasteiger partial charge < -0.3 is 10.2 Å². The number of nitrogens with zero attached hydrogens (tertiary/aromatic N) is 3. The zero-order valence-corrected chi connectivity index (χ0v) is 13.6. The minimum absolute atomic E-state index is 0.499. The van der Waals surface area contributed by atoms with E-state index in [1.54, 1.807) is 0 Å². The van der Waals surface area contributed by atoms with Crippen molar-refractivity contribution in [1.29, 1.82) is 0 Å². The van der Waals surface area contributed by atoms with Gasteiger partial charge in [-0.2, -0.15) is 5.10 Å². The molecule has 2 aromatic rings. The molecule has 1 saturated heterocycles. The molecule has 0 spiro atoms. The van der Waals surface area contributed by atoms with Crippen molar-refractivity contribution >= 4 is 5.82 Å². The molecule has 1 aliphatic heterocycles. The van der Waals surface area contributed by atoms with Crippen molar-refractivity contribution in [2.45, 2.75) is 33.2 Å². The van der Waals surface area contributed by atoms with Gasteiger partial charge in [0.15, 0.2) is 5.82 Å². The van der Waals surface area contributed by atoms with Gasteiger partial charge in [0.05, 0.1) is 5.69 Å². The van der Waals surface area contributed by atoms with E-state index < -0.39 is 0 Å². The number of benzene rings is 1. The lowest BCUT2D eigenvalue weighted by molar-refractivity contribution is 0.480. The average Bonchev–Trinajstić information content (AvgIpc) is 2.53. The first-order valence-corrected chi connectivity index (χ1v) is 8.00. The molecule has 116 valence electrons. The van der Waals surface area contributed by atoms with Crippen molar-refractivity contribution in [3.05, 3.63) is 52.7 Å². The van der Waals surface area contributed by atoms with Crippen molar-refractivity contribution in [3.8, 4) is 0 Å². The Morgan fingerprint density at radius 2 is 1.91 bits per heavy atom. The van der Waals surface area contributed by atoms with Gasteiger partial charge in [-0.25, -0.2) is 0 Å². The van der Waals surface area contributed by atoms with Crippen LogP contribution in [0.1, 0.15) is 29.3 Å². The summed E-state index contributed by atoms with van der Waals surface area (Å²) in [6.07, 6.45) is 0.846. The number of rotatable bonds is 3. The smallest absolute Gasteiger partial charge is 0.154 e. The molecule has 1 aromatic heterocycles. The van der Waals surface area contributed by atoms with E-state index >= 15 is 0 Å². The van der Waals surface area contributed by atoms with Crippen LogP contribution in [0.2, 0.25) is 0 Å². The van der Waals surface area contributed by atoms with E-state index in [1.165, 1.54) is 16.7 Å². The summed E-state index contributed by atoms with van der Waals surface area (Å²) in [5, 5.41) is 12.5. The lowest BCUT2D eigenvalue weighted by Gasteiger charge is -2.33. The largest absolute Gasteiger partial charge is 0.352 e. The summed E-state index contributed by atoms with van der Waals surface area (Å²) < 4.78 is 0. The van der Waals surface area contributed by atoms with Crippen LogP contribution in [0, 0.1) is 13.8 Å². The summed E-state index contributed by atoms with van der Waals surface area (Å²) in [4.78, 5) is 2.35. The highest BCUT2D eigenvalue weighted by atomic mass is 15.3. The minimum Gasteiger partial charge on any atom is -0.352 e. The Hall–Kier alpha value is -1.94. The van der Waals surface area contributed by atoms with Gasteiger partial charge >= 0.3 is 0 Å². The number of anilines is 1. The maximum atomic E-state index is 4.54. The van der Waals surface area contributed by atoms with Crippen LogP contribution in [0.15, 0.2) is 30.3 Å². The van der Waals surface area contributed by atoms with Gasteiger partial charge in [0.1, 0.15) is 0 Å². The Labute approximate surface area is 132 Å². The first-order chi connectivity index (χ1) is 10.6. The molecule has 22 heavy (non-hydrogen) atoms. The van der Waals surface area contributed by atoms with E-state index in [9.17, 15) is 0 Å².